The van der Waals surface area contributed by atoms with Crippen molar-refractivity contribution in [3.63, 3.8) is 0 Å². The molecule has 0 spiro atoms. The van der Waals surface area contributed by atoms with Crippen molar-refractivity contribution < 1.29 is 0 Å². The van der Waals surface area contributed by atoms with Crippen LogP contribution in [0.25, 0.3) is 0 Å². The monoisotopic (exact) mass is 290 g/mol. The Morgan fingerprint density at radius 3 is 2.62 bits per heavy atom. The molecule has 2 aromatic heterocycles. The number of hydrogen-bond acceptors (Lipinski definition) is 4. The Morgan fingerprint density at radius 1 is 1.10 bits per heavy atom. The predicted molar refractivity (Wildman–Crippen MR) is 82.7 cm³/mol. The molecule has 0 radical (unpaired) electrons. The van der Waals surface area contributed by atoms with E-state index >= 15 is 0 Å². The average molecular weight is 290 g/mol. The Balaban J connectivity index is 2.00. The number of hydrogen-bond donors (Lipinski definition) is 1. The molecule has 2 rings (SSSR count). The lowest BCUT2D eigenvalue weighted by Crippen LogP contribution is -2.22. The van der Waals surface area contributed by atoms with E-state index in [-0.39, 0.29) is 0 Å². The van der Waals surface area contributed by atoms with Crippen molar-refractivity contribution in [3.8, 4) is 0 Å². The predicted octanol–water partition coefficient (Wildman–Crippen LogP) is 1.92. The molecule has 0 bridgehead atoms. The van der Waals surface area contributed by atoms with Crippen molar-refractivity contribution in [1.82, 2.24) is 29.9 Å². The molecule has 1 N–H and O–H groups in total. The molecule has 116 valence electrons. The molecule has 0 aliphatic rings. The molecule has 0 amide bonds. The van der Waals surface area contributed by atoms with Gasteiger partial charge in [0.25, 0.3) is 0 Å². The van der Waals surface area contributed by atoms with E-state index in [1.54, 1.807) is 6.33 Å². The molecule has 0 saturated heterocycles. The summed E-state index contributed by atoms with van der Waals surface area (Å²) in [4.78, 5) is 4.36. The van der Waals surface area contributed by atoms with E-state index in [0.717, 1.165) is 25.5 Å². The summed E-state index contributed by atoms with van der Waals surface area (Å²) in [6.07, 6.45) is 3.47. The summed E-state index contributed by atoms with van der Waals surface area (Å²) in [6.45, 7) is 12.2. The van der Waals surface area contributed by atoms with Gasteiger partial charge in [-0.2, -0.15) is 10.2 Å². The summed E-state index contributed by atoms with van der Waals surface area (Å²) in [5.41, 5.74) is 1.18. The van der Waals surface area contributed by atoms with Crippen LogP contribution in [0.1, 0.15) is 39.2 Å². The van der Waals surface area contributed by atoms with Crippen LogP contribution in [0.2, 0.25) is 0 Å². The largest absolute Gasteiger partial charge is 0.311 e. The van der Waals surface area contributed by atoms with Gasteiger partial charge in [0.15, 0.2) is 0 Å². The highest BCUT2D eigenvalue weighted by atomic mass is 15.4. The van der Waals surface area contributed by atoms with Gasteiger partial charge in [-0.05, 0) is 24.4 Å². The minimum Gasteiger partial charge on any atom is -0.311 e. The summed E-state index contributed by atoms with van der Waals surface area (Å²) in [6, 6.07) is 2.05. The van der Waals surface area contributed by atoms with Crippen LogP contribution < -0.4 is 5.32 Å². The number of nitrogens with one attached hydrogen (secondary N) is 1. The zero-order chi connectivity index (χ0) is 15.2. The third kappa shape index (κ3) is 4.67. The van der Waals surface area contributed by atoms with Crippen LogP contribution in [-0.4, -0.2) is 31.1 Å². The van der Waals surface area contributed by atoms with E-state index in [9.17, 15) is 0 Å². The number of nitrogens with zero attached hydrogens (tertiary/aromatic N) is 5. The topological polar surface area (TPSA) is 60.6 Å². The third-order valence-corrected chi connectivity index (χ3v) is 3.19. The molecule has 2 aromatic rings. The van der Waals surface area contributed by atoms with Crippen LogP contribution in [0.5, 0.6) is 0 Å². The Bertz CT molecular complexity index is 540. The third-order valence-electron chi connectivity index (χ3n) is 3.19. The maximum atomic E-state index is 4.40. The lowest BCUT2D eigenvalue weighted by Gasteiger charge is -2.11. The molecule has 6 nitrogen and oxygen atoms in total. The van der Waals surface area contributed by atoms with E-state index in [2.05, 4.69) is 54.3 Å². The minimum absolute atomic E-state index is 0.551. The van der Waals surface area contributed by atoms with E-state index < -0.39 is 0 Å². The Morgan fingerprint density at radius 2 is 1.90 bits per heavy atom. The van der Waals surface area contributed by atoms with Gasteiger partial charge < -0.3 is 5.32 Å². The molecule has 0 fully saturated rings. The second kappa shape index (κ2) is 7.36. The first-order chi connectivity index (χ1) is 10.1. The zero-order valence-electron chi connectivity index (χ0n) is 13.5. The first kappa shape index (κ1) is 15.7. The lowest BCUT2D eigenvalue weighted by atomic mass is 10.2. The summed E-state index contributed by atoms with van der Waals surface area (Å²) in [5.74, 6) is 2.16. The van der Waals surface area contributed by atoms with Crippen LogP contribution in [0.15, 0.2) is 18.6 Å². The van der Waals surface area contributed by atoms with Crippen LogP contribution in [0, 0.1) is 11.8 Å². The van der Waals surface area contributed by atoms with Crippen molar-refractivity contribution in [1.29, 1.82) is 0 Å². The number of rotatable bonds is 8. The summed E-state index contributed by atoms with van der Waals surface area (Å²) in [7, 11) is 0. The molecule has 0 atom stereocenters. The van der Waals surface area contributed by atoms with Gasteiger partial charge in [0, 0.05) is 19.3 Å². The molecular weight excluding hydrogens is 264 g/mol. The molecule has 0 aliphatic carbocycles. The van der Waals surface area contributed by atoms with E-state index in [4.69, 9.17) is 0 Å². The first-order valence-electron chi connectivity index (χ1n) is 7.64. The first-order valence-corrected chi connectivity index (χ1v) is 7.64. The molecule has 0 saturated carbocycles. The fraction of sp³-hybridized carbons (Fsp3) is 0.667. The quantitative estimate of drug-likeness (QED) is 0.807. The summed E-state index contributed by atoms with van der Waals surface area (Å²) in [5, 5.41) is 12.2. The van der Waals surface area contributed by atoms with E-state index in [1.165, 1.54) is 5.69 Å². The molecule has 6 heteroatoms. The summed E-state index contributed by atoms with van der Waals surface area (Å²) < 4.78 is 3.96. The van der Waals surface area contributed by atoms with Gasteiger partial charge in [0.2, 0.25) is 0 Å². The normalized spacial score (nSPS) is 11.7. The van der Waals surface area contributed by atoms with Crippen molar-refractivity contribution in [2.75, 3.05) is 6.54 Å². The van der Waals surface area contributed by atoms with Crippen LogP contribution in [0.3, 0.4) is 0 Å². The standard InChI is InChI=1S/C15H26N6/c1-12(2)7-16-8-14-5-6-18-20(14)10-15-17-11-19-21(15)9-13(3)4/h5-6,11-13,16H,7-10H2,1-4H3. The van der Waals surface area contributed by atoms with Gasteiger partial charge in [-0.1, -0.05) is 27.7 Å². The fourth-order valence-electron chi connectivity index (χ4n) is 2.18. The smallest absolute Gasteiger partial charge is 0.148 e. The van der Waals surface area contributed by atoms with Crippen LogP contribution in [-0.2, 0) is 19.6 Å². The Hall–Kier alpha value is -1.69. The van der Waals surface area contributed by atoms with Crippen LogP contribution >= 0.6 is 0 Å². The number of aromatic nitrogens is 5. The maximum absolute atomic E-state index is 4.40. The van der Waals surface area contributed by atoms with Gasteiger partial charge in [0.05, 0.1) is 5.69 Å². The Kier molecular flexibility index (Phi) is 5.50. The van der Waals surface area contributed by atoms with Gasteiger partial charge in [-0.15, -0.1) is 0 Å². The van der Waals surface area contributed by atoms with Crippen molar-refractivity contribution in [2.45, 2.75) is 47.3 Å². The molecule has 21 heavy (non-hydrogen) atoms. The van der Waals surface area contributed by atoms with Crippen molar-refractivity contribution >= 4 is 0 Å². The van der Waals surface area contributed by atoms with Crippen molar-refractivity contribution in [3.05, 3.63) is 30.1 Å². The highest BCUT2D eigenvalue weighted by molar-refractivity contribution is 5.02. The molecular formula is C15H26N6. The molecule has 0 aromatic carbocycles. The van der Waals surface area contributed by atoms with E-state index in [1.807, 2.05) is 15.6 Å². The van der Waals surface area contributed by atoms with E-state index in [0.29, 0.717) is 18.4 Å². The lowest BCUT2D eigenvalue weighted by molar-refractivity contribution is 0.452. The second-order valence-corrected chi connectivity index (χ2v) is 6.26. The molecule has 0 unspecified atom stereocenters. The van der Waals surface area contributed by atoms with Crippen LogP contribution in [0.4, 0.5) is 0 Å². The summed E-state index contributed by atoms with van der Waals surface area (Å²) >= 11 is 0. The SMILES string of the molecule is CC(C)CNCc1ccnn1Cc1ncnn1CC(C)C. The zero-order valence-corrected chi connectivity index (χ0v) is 13.5. The maximum Gasteiger partial charge on any atom is 0.148 e. The minimum atomic E-state index is 0.551. The molecule has 2 heterocycles. The average Bonchev–Trinajstić information content (AvgIpc) is 3.00. The van der Waals surface area contributed by atoms with Gasteiger partial charge >= 0.3 is 0 Å². The second-order valence-electron chi connectivity index (χ2n) is 6.26. The fourth-order valence-corrected chi connectivity index (χ4v) is 2.18. The van der Waals surface area contributed by atoms with Gasteiger partial charge in [-0.3, -0.25) is 4.68 Å². The highest BCUT2D eigenvalue weighted by Gasteiger charge is 2.10. The Labute approximate surface area is 126 Å². The molecule has 0 aliphatic heterocycles. The van der Waals surface area contributed by atoms with Crippen molar-refractivity contribution in [2.24, 2.45) is 11.8 Å². The highest BCUT2D eigenvalue weighted by Crippen LogP contribution is 2.06. The van der Waals surface area contributed by atoms with Gasteiger partial charge in [0.1, 0.15) is 18.7 Å². The van der Waals surface area contributed by atoms with Gasteiger partial charge in [-0.25, -0.2) is 9.67 Å².